The smallest absolute Gasteiger partial charge is 0.159 e. The van der Waals surface area contributed by atoms with Gasteiger partial charge in [0.05, 0.1) is 27.6 Å². The Bertz CT molecular complexity index is 594. The molecular weight excluding hydrogens is 293 g/mol. The van der Waals surface area contributed by atoms with E-state index in [2.05, 4.69) is 9.97 Å². The molecule has 1 aromatic carbocycles. The summed E-state index contributed by atoms with van der Waals surface area (Å²) in [4.78, 5) is 8.31. The minimum atomic E-state index is 0.280. The Labute approximate surface area is 119 Å². The predicted molar refractivity (Wildman–Crippen MR) is 71.8 cm³/mol. The van der Waals surface area contributed by atoms with E-state index in [1.807, 2.05) is 6.07 Å². The second-order valence-corrected chi connectivity index (χ2v) is 4.70. The summed E-state index contributed by atoms with van der Waals surface area (Å²) in [5.74, 6) is 0.483. The minimum absolute atomic E-state index is 0.280. The topological polar surface area (TPSA) is 49.6 Å². The van der Waals surface area contributed by atoms with E-state index in [1.54, 1.807) is 24.5 Å². The molecule has 6 heteroatoms. The molecule has 1 aromatic heterocycles. The number of hydrogen-bond donors (Lipinski definition) is 0. The maximum atomic E-state index is 8.55. The summed E-state index contributed by atoms with van der Waals surface area (Å²) in [7, 11) is 0. The van der Waals surface area contributed by atoms with Crippen LogP contribution < -0.4 is 0 Å². The molecule has 2 aromatic rings. The average molecular weight is 299 g/mol. The van der Waals surface area contributed by atoms with E-state index in [4.69, 9.17) is 40.1 Å². The van der Waals surface area contributed by atoms with Crippen molar-refractivity contribution in [3.63, 3.8) is 0 Å². The zero-order chi connectivity index (χ0) is 13.1. The highest BCUT2D eigenvalue weighted by Crippen LogP contribution is 2.33. The Morgan fingerprint density at radius 1 is 1.06 bits per heavy atom. The Morgan fingerprint density at radius 3 is 2.11 bits per heavy atom. The van der Waals surface area contributed by atoms with Crippen LogP contribution in [0.4, 0.5) is 0 Å². The summed E-state index contributed by atoms with van der Waals surface area (Å²) >= 11 is 17.7. The molecule has 0 saturated heterocycles. The van der Waals surface area contributed by atoms with Gasteiger partial charge in [0, 0.05) is 23.5 Å². The van der Waals surface area contributed by atoms with Crippen molar-refractivity contribution in [2.24, 2.45) is 0 Å². The minimum Gasteiger partial charge on any atom is -0.236 e. The average Bonchev–Trinajstić information content (AvgIpc) is 2.37. The monoisotopic (exact) mass is 297 g/mol. The molecule has 2 rings (SSSR count). The molecule has 0 N–H and O–H groups in total. The van der Waals surface area contributed by atoms with Gasteiger partial charge in [-0.2, -0.15) is 5.26 Å². The molecule has 90 valence electrons. The first-order valence-corrected chi connectivity index (χ1v) is 6.08. The van der Waals surface area contributed by atoms with Crippen LogP contribution >= 0.6 is 34.8 Å². The maximum Gasteiger partial charge on any atom is 0.159 e. The van der Waals surface area contributed by atoms with E-state index in [1.165, 1.54) is 0 Å². The largest absolute Gasteiger partial charge is 0.236 e. The lowest BCUT2D eigenvalue weighted by atomic mass is 10.2. The molecule has 18 heavy (non-hydrogen) atoms. The second-order valence-electron chi connectivity index (χ2n) is 3.50. The lowest BCUT2D eigenvalue weighted by molar-refractivity contribution is 1.10. The Kier molecular flexibility index (Phi) is 4.03. The summed E-state index contributed by atoms with van der Waals surface area (Å²) in [5.41, 5.74) is 1.44. The molecule has 0 radical (unpaired) electrons. The van der Waals surface area contributed by atoms with Gasteiger partial charge in [-0.15, -0.1) is 0 Å². The lowest BCUT2D eigenvalue weighted by Crippen LogP contribution is -1.92. The fourth-order valence-corrected chi connectivity index (χ4v) is 1.97. The number of rotatable bonds is 2. The Morgan fingerprint density at radius 2 is 1.61 bits per heavy atom. The van der Waals surface area contributed by atoms with Crippen LogP contribution in [0.3, 0.4) is 0 Å². The third-order valence-corrected chi connectivity index (χ3v) is 3.43. The van der Waals surface area contributed by atoms with Crippen LogP contribution in [0, 0.1) is 11.3 Å². The number of hydrogen-bond acceptors (Lipinski definition) is 3. The Hall–Kier alpha value is -1.34. The van der Waals surface area contributed by atoms with Crippen LogP contribution in [0.2, 0.25) is 15.1 Å². The van der Waals surface area contributed by atoms with Crippen molar-refractivity contribution in [1.29, 1.82) is 5.26 Å². The summed E-state index contributed by atoms with van der Waals surface area (Å²) in [6.45, 7) is 0. The van der Waals surface area contributed by atoms with Crippen molar-refractivity contribution in [1.82, 2.24) is 9.97 Å². The van der Waals surface area contributed by atoms with Gasteiger partial charge >= 0.3 is 0 Å². The normalized spacial score (nSPS) is 10.1. The van der Waals surface area contributed by atoms with Gasteiger partial charge in [0.25, 0.3) is 0 Å². The van der Waals surface area contributed by atoms with Gasteiger partial charge < -0.3 is 0 Å². The van der Waals surface area contributed by atoms with E-state index < -0.39 is 0 Å². The third kappa shape index (κ3) is 2.73. The molecule has 0 saturated carbocycles. The van der Waals surface area contributed by atoms with Gasteiger partial charge in [0.1, 0.15) is 0 Å². The number of nitrogens with zero attached hydrogens (tertiary/aromatic N) is 3. The molecule has 0 spiro atoms. The molecule has 0 bridgehead atoms. The van der Waals surface area contributed by atoms with E-state index >= 15 is 0 Å². The van der Waals surface area contributed by atoms with Crippen LogP contribution in [0.1, 0.15) is 5.56 Å². The van der Waals surface area contributed by atoms with Gasteiger partial charge in [0.15, 0.2) is 5.82 Å². The van der Waals surface area contributed by atoms with Crippen LogP contribution in [-0.2, 0) is 6.42 Å². The van der Waals surface area contributed by atoms with Crippen molar-refractivity contribution >= 4 is 34.8 Å². The summed E-state index contributed by atoms with van der Waals surface area (Å²) < 4.78 is 0. The zero-order valence-corrected chi connectivity index (χ0v) is 11.3. The molecule has 0 aliphatic heterocycles. The van der Waals surface area contributed by atoms with E-state index in [0.717, 1.165) is 5.56 Å². The highest BCUT2D eigenvalue weighted by atomic mass is 35.5. The van der Waals surface area contributed by atoms with Crippen LogP contribution in [-0.4, -0.2) is 9.97 Å². The highest BCUT2D eigenvalue weighted by Gasteiger charge is 2.09. The fourth-order valence-electron chi connectivity index (χ4n) is 1.37. The van der Waals surface area contributed by atoms with Gasteiger partial charge in [-0.1, -0.05) is 34.8 Å². The molecule has 0 unspecified atom stereocenters. The van der Waals surface area contributed by atoms with Gasteiger partial charge in [0.2, 0.25) is 0 Å². The Balaban J connectivity index is 2.40. The molecule has 0 aliphatic rings. The van der Waals surface area contributed by atoms with E-state index in [-0.39, 0.29) is 6.42 Å². The zero-order valence-electron chi connectivity index (χ0n) is 8.99. The quantitative estimate of drug-likeness (QED) is 0.782. The van der Waals surface area contributed by atoms with E-state index in [0.29, 0.717) is 26.5 Å². The van der Waals surface area contributed by atoms with Crippen LogP contribution in [0.25, 0.3) is 11.4 Å². The van der Waals surface area contributed by atoms with E-state index in [9.17, 15) is 0 Å². The van der Waals surface area contributed by atoms with Crippen molar-refractivity contribution in [3.05, 3.63) is 45.2 Å². The lowest BCUT2D eigenvalue weighted by Gasteiger charge is -2.04. The summed E-state index contributed by atoms with van der Waals surface area (Å²) in [6, 6.07) is 5.33. The maximum absolute atomic E-state index is 8.55. The number of benzene rings is 1. The van der Waals surface area contributed by atoms with Crippen molar-refractivity contribution in [2.45, 2.75) is 6.42 Å². The predicted octanol–water partition coefficient (Wildman–Crippen LogP) is 4.17. The van der Waals surface area contributed by atoms with Crippen LogP contribution in [0.15, 0.2) is 24.5 Å². The second kappa shape index (κ2) is 5.53. The number of nitriles is 1. The van der Waals surface area contributed by atoms with Crippen molar-refractivity contribution in [2.75, 3.05) is 0 Å². The van der Waals surface area contributed by atoms with Crippen molar-refractivity contribution < 1.29 is 0 Å². The number of halogens is 3. The fraction of sp³-hybridized carbons (Fsp3) is 0.0833. The molecular formula is C12H6Cl3N3. The van der Waals surface area contributed by atoms with Gasteiger partial charge in [-0.05, 0) is 12.1 Å². The molecule has 0 fully saturated rings. The molecule has 0 aliphatic carbocycles. The standard InChI is InChI=1S/C12H6Cl3N3/c13-9-3-8(4-10(14)11(9)15)12-17-5-7(1-2-16)6-18-12/h3-6H,1H2. The van der Waals surface area contributed by atoms with Crippen molar-refractivity contribution in [3.8, 4) is 17.5 Å². The highest BCUT2D eigenvalue weighted by molar-refractivity contribution is 6.48. The first-order valence-electron chi connectivity index (χ1n) is 4.94. The van der Waals surface area contributed by atoms with Gasteiger partial charge in [-0.3, -0.25) is 0 Å². The molecule has 3 nitrogen and oxygen atoms in total. The molecule has 1 heterocycles. The van der Waals surface area contributed by atoms with Gasteiger partial charge in [-0.25, -0.2) is 9.97 Å². The first-order chi connectivity index (χ1) is 8.61. The molecule has 0 amide bonds. The first kappa shape index (κ1) is 13.1. The summed E-state index contributed by atoms with van der Waals surface area (Å²) in [5, 5.41) is 9.56. The van der Waals surface area contributed by atoms with Crippen LogP contribution in [0.5, 0.6) is 0 Å². The SMILES string of the molecule is N#CCc1cnc(-c2cc(Cl)c(Cl)c(Cl)c2)nc1. The molecule has 0 atom stereocenters. The summed E-state index contributed by atoms with van der Waals surface area (Å²) in [6.07, 6.45) is 3.48. The number of aromatic nitrogens is 2. The third-order valence-electron chi connectivity index (χ3n) is 2.23.